The SMILES string of the molecule is C/C=C\CCN(N)C(C)(C)O. The average molecular weight is 158 g/mol. The zero-order chi connectivity index (χ0) is 8.91. The predicted molar refractivity (Wildman–Crippen MR) is 46.6 cm³/mol. The third-order valence-electron chi connectivity index (χ3n) is 1.48. The van der Waals surface area contributed by atoms with Crippen molar-refractivity contribution in [2.75, 3.05) is 6.54 Å². The topological polar surface area (TPSA) is 49.5 Å². The zero-order valence-electron chi connectivity index (χ0n) is 7.54. The van der Waals surface area contributed by atoms with Crippen molar-refractivity contribution < 1.29 is 5.11 Å². The highest BCUT2D eigenvalue weighted by Crippen LogP contribution is 2.04. The van der Waals surface area contributed by atoms with Crippen LogP contribution in [0.1, 0.15) is 27.2 Å². The summed E-state index contributed by atoms with van der Waals surface area (Å²) in [5.41, 5.74) is -0.915. The van der Waals surface area contributed by atoms with Gasteiger partial charge in [-0.1, -0.05) is 12.2 Å². The highest BCUT2D eigenvalue weighted by atomic mass is 16.3. The van der Waals surface area contributed by atoms with Crippen molar-refractivity contribution in [3.8, 4) is 0 Å². The van der Waals surface area contributed by atoms with E-state index in [0.717, 1.165) is 6.42 Å². The first-order valence-electron chi connectivity index (χ1n) is 3.84. The molecule has 0 spiro atoms. The van der Waals surface area contributed by atoms with E-state index < -0.39 is 5.72 Å². The van der Waals surface area contributed by atoms with Crippen LogP contribution in [0.2, 0.25) is 0 Å². The van der Waals surface area contributed by atoms with E-state index in [1.54, 1.807) is 13.8 Å². The molecule has 0 amide bonds. The van der Waals surface area contributed by atoms with Crippen LogP contribution in [0.15, 0.2) is 12.2 Å². The van der Waals surface area contributed by atoms with Crippen molar-refractivity contribution in [2.45, 2.75) is 32.9 Å². The fraction of sp³-hybridized carbons (Fsp3) is 0.750. The Morgan fingerprint density at radius 1 is 1.55 bits per heavy atom. The molecule has 0 aromatic rings. The number of allylic oxidation sites excluding steroid dienone is 1. The second-order valence-electron chi connectivity index (χ2n) is 3.05. The molecule has 0 rings (SSSR count). The molecule has 0 saturated carbocycles. The largest absolute Gasteiger partial charge is 0.375 e. The molecule has 0 bridgehead atoms. The normalized spacial score (nSPS) is 13.3. The number of nitrogens with two attached hydrogens (primary N) is 1. The van der Waals surface area contributed by atoms with Crippen molar-refractivity contribution in [1.29, 1.82) is 0 Å². The van der Waals surface area contributed by atoms with Crippen molar-refractivity contribution in [1.82, 2.24) is 5.01 Å². The van der Waals surface area contributed by atoms with Crippen molar-refractivity contribution in [3.63, 3.8) is 0 Å². The van der Waals surface area contributed by atoms with E-state index in [0.29, 0.717) is 6.54 Å². The molecule has 11 heavy (non-hydrogen) atoms. The molecule has 0 aliphatic heterocycles. The summed E-state index contributed by atoms with van der Waals surface area (Å²) >= 11 is 0. The van der Waals surface area contributed by atoms with Gasteiger partial charge in [-0.25, -0.2) is 5.01 Å². The summed E-state index contributed by atoms with van der Waals surface area (Å²) in [4.78, 5) is 0. The lowest BCUT2D eigenvalue weighted by atomic mass is 10.3. The smallest absolute Gasteiger partial charge is 0.124 e. The lowest BCUT2D eigenvalue weighted by Gasteiger charge is -2.28. The minimum Gasteiger partial charge on any atom is -0.375 e. The lowest BCUT2D eigenvalue weighted by molar-refractivity contribution is -0.0787. The molecule has 3 heteroatoms. The third kappa shape index (κ3) is 4.95. The second-order valence-corrected chi connectivity index (χ2v) is 3.05. The average Bonchev–Trinajstić information content (AvgIpc) is 1.86. The van der Waals surface area contributed by atoms with Gasteiger partial charge in [0.25, 0.3) is 0 Å². The van der Waals surface area contributed by atoms with Crippen LogP contribution in [0.25, 0.3) is 0 Å². The van der Waals surface area contributed by atoms with Crippen LogP contribution in [0.3, 0.4) is 0 Å². The monoisotopic (exact) mass is 158 g/mol. The number of rotatable bonds is 4. The number of aliphatic hydroxyl groups is 1. The van der Waals surface area contributed by atoms with Crippen molar-refractivity contribution >= 4 is 0 Å². The van der Waals surface area contributed by atoms with Gasteiger partial charge in [-0.05, 0) is 27.2 Å². The predicted octanol–water partition coefficient (Wildman–Crippen LogP) is 0.857. The minimum absolute atomic E-state index is 0.674. The fourth-order valence-electron chi connectivity index (χ4n) is 0.654. The molecule has 0 aliphatic carbocycles. The molecule has 0 aliphatic rings. The van der Waals surface area contributed by atoms with Crippen LogP contribution in [-0.4, -0.2) is 22.4 Å². The van der Waals surface area contributed by atoms with Crippen LogP contribution in [0, 0.1) is 0 Å². The van der Waals surface area contributed by atoms with Gasteiger partial charge in [0.05, 0.1) is 0 Å². The molecule has 3 nitrogen and oxygen atoms in total. The van der Waals surface area contributed by atoms with Gasteiger partial charge in [-0.3, -0.25) is 5.84 Å². The van der Waals surface area contributed by atoms with E-state index >= 15 is 0 Å². The van der Waals surface area contributed by atoms with Gasteiger partial charge in [-0.2, -0.15) is 0 Å². The Morgan fingerprint density at radius 2 is 2.09 bits per heavy atom. The van der Waals surface area contributed by atoms with Gasteiger partial charge in [0.2, 0.25) is 0 Å². The molecule has 0 aromatic carbocycles. The van der Waals surface area contributed by atoms with Crippen LogP contribution in [-0.2, 0) is 0 Å². The van der Waals surface area contributed by atoms with Crippen LogP contribution < -0.4 is 5.84 Å². The Kier molecular flexibility index (Phi) is 4.33. The quantitative estimate of drug-likeness (QED) is 0.276. The summed E-state index contributed by atoms with van der Waals surface area (Å²) < 4.78 is 0. The van der Waals surface area contributed by atoms with Gasteiger partial charge in [0.15, 0.2) is 0 Å². The first-order chi connectivity index (χ1) is 4.98. The Balaban J connectivity index is 3.61. The molecular formula is C8H18N2O. The molecule has 0 unspecified atom stereocenters. The van der Waals surface area contributed by atoms with Crippen LogP contribution >= 0.6 is 0 Å². The highest BCUT2D eigenvalue weighted by Gasteiger charge is 2.18. The highest BCUT2D eigenvalue weighted by molar-refractivity contribution is 4.78. The summed E-state index contributed by atoms with van der Waals surface area (Å²) in [6.07, 6.45) is 4.86. The van der Waals surface area contributed by atoms with Gasteiger partial charge in [0.1, 0.15) is 5.72 Å². The molecule has 0 heterocycles. The molecule has 66 valence electrons. The number of hydrazine groups is 1. The van der Waals surface area contributed by atoms with E-state index in [1.165, 1.54) is 5.01 Å². The molecule has 0 radical (unpaired) electrons. The maximum absolute atomic E-state index is 9.36. The van der Waals surface area contributed by atoms with Crippen LogP contribution in [0.5, 0.6) is 0 Å². The third-order valence-corrected chi connectivity index (χ3v) is 1.48. The summed E-state index contributed by atoms with van der Waals surface area (Å²) in [6, 6.07) is 0. The standard InChI is InChI=1S/C8H18N2O/c1-4-5-6-7-10(9)8(2,3)11/h4-5,11H,6-7,9H2,1-3H3/b5-4-. The summed E-state index contributed by atoms with van der Waals surface area (Å²) in [6.45, 7) is 5.98. The Morgan fingerprint density at radius 3 is 2.45 bits per heavy atom. The number of nitrogens with zero attached hydrogens (tertiary/aromatic N) is 1. The lowest BCUT2D eigenvalue weighted by Crippen LogP contribution is -2.48. The van der Waals surface area contributed by atoms with Crippen LogP contribution in [0.4, 0.5) is 0 Å². The molecule has 3 N–H and O–H groups in total. The van der Waals surface area contributed by atoms with Gasteiger partial charge in [0, 0.05) is 6.54 Å². The Bertz CT molecular complexity index is 127. The number of hydrogen-bond acceptors (Lipinski definition) is 3. The van der Waals surface area contributed by atoms with Gasteiger partial charge >= 0.3 is 0 Å². The van der Waals surface area contributed by atoms with E-state index in [-0.39, 0.29) is 0 Å². The summed E-state index contributed by atoms with van der Waals surface area (Å²) in [5, 5.41) is 10.8. The maximum atomic E-state index is 9.36. The Labute approximate surface area is 68.5 Å². The second kappa shape index (κ2) is 4.49. The number of hydrogen-bond donors (Lipinski definition) is 2. The van der Waals surface area contributed by atoms with Crippen molar-refractivity contribution in [3.05, 3.63) is 12.2 Å². The van der Waals surface area contributed by atoms with E-state index in [4.69, 9.17) is 5.84 Å². The molecule has 0 atom stereocenters. The molecule has 0 saturated heterocycles. The maximum Gasteiger partial charge on any atom is 0.124 e. The Hall–Kier alpha value is -0.380. The van der Waals surface area contributed by atoms with E-state index in [1.807, 2.05) is 19.1 Å². The molecule has 0 fully saturated rings. The summed E-state index contributed by atoms with van der Waals surface area (Å²) in [7, 11) is 0. The van der Waals surface area contributed by atoms with Gasteiger partial charge < -0.3 is 5.11 Å². The summed E-state index contributed by atoms with van der Waals surface area (Å²) in [5.74, 6) is 5.54. The molecular weight excluding hydrogens is 140 g/mol. The van der Waals surface area contributed by atoms with Crippen molar-refractivity contribution in [2.24, 2.45) is 5.84 Å². The van der Waals surface area contributed by atoms with E-state index in [2.05, 4.69) is 0 Å². The molecule has 0 aromatic heterocycles. The zero-order valence-corrected chi connectivity index (χ0v) is 7.54. The van der Waals surface area contributed by atoms with Gasteiger partial charge in [-0.15, -0.1) is 0 Å². The first-order valence-corrected chi connectivity index (χ1v) is 3.84. The fourth-order valence-corrected chi connectivity index (χ4v) is 0.654. The minimum atomic E-state index is -0.915. The van der Waals surface area contributed by atoms with E-state index in [9.17, 15) is 5.11 Å². The first kappa shape index (κ1) is 10.6.